The number of amides is 1. The Kier molecular flexibility index (Phi) is 7.02. The average Bonchev–Trinajstić information content (AvgIpc) is 2.60. The molecule has 0 saturated heterocycles. The van der Waals surface area contributed by atoms with Crippen molar-refractivity contribution in [3.8, 4) is 5.75 Å². The maximum Gasteiger partial charge on any atom is 0.246 e. The zero-order valence-corrected chi connectivity index (χ0v) is 18.1. The van der Waals surface area contributed by atoms with Gasteiger partial charge in [0.1, 0.15) is 10.6 Å². The summed E-state index contributed by atoms with van der Waals surface area (Å²) in [6.07, 6.45) is 0. The smallest absolute Gasteiger partial charge is 0.246 e. The van der Waals surface area contributed by atoms with E-state index in [0.29, 0.717) is 5.69 Å². The van der Waals surface area contributed by atoms with E-state index in [9.17, 15) is 13.2 Å². The van der Waals surface area contributed by atoms with E-state index in [-0.39, 0.29) is 23.1 Å². The normalized spacial score (nSPS) is 11.7. The van der Waals surface area contributed by atoms with Crippen LogP contribution in [0.1, 0.15) is 25.3 Å². The molecule has 0 aliphatic rings. The summed E-state index contributed by atoms with van der Waals surface area (Å²) < 4.78 is 33.0. The van der Waals surface area contributed by atoms with Crippen LogP contribution in [0, 0.1) is 0 Å². The third-order valence-electron chi connectivity index (χ3n) is 4.02. The average molecular weight is 455 g/mol. The third-order valence-corrected chi connectivity index (χ3v) is 6.34. The Labute approximate surface area is 168 Å². The van der Waals surface area contributed by atoms with Gasteiger partial charge in [0.25, 0.3) is 0 Å². The number of hydrogen-bond donors (Lipinski definition) is 1. The minimum Gasteiger partial charge on any atom is -0.495 e. The first-order valence-electron chi connectivity index (χ1n) is 8.35. The van der Waals surface area contributed by atoms with Crippen molar-refractivity contribution in [2.24, 2.45) is 0 Å². The molecule has 2 aromatic rings. The van der Waals surface area contributed by atoms with Gasteiger partial charge in [-0.15, -0.1) is 0 Å². The highest BCUT2D eigenvalue weighted by Crippen LogP contribution is 2.30. The minimum atomic E-state index is -3.90. The maximum atomic E-state index is 13.0. The summed E-state index contributed by atoms with van der Waals surface area (Å²) in [5.74, 6) is -0.0215. The first kappa shape index (κ1) is 21.4. The van der Waals surface area contributed by atoms with E-state index in [0.717, 1.165) is 14.3 Å². The van der Waals surface area contributed by atoms with Gasteiger partial charge in [0.15, 0.2) is 0 Å². The van der Waals surface area contributed by atoms with E-state index in [2.05, 4.69) is 21.2 Å². The molecular weight excluding hydrogens is 432 g/mol. The Morgan fingerprint density at radius 3 is 2.52 bits per heavy atom. The van der Waals surface area contributed by atoms with Crippen LogP contribution in [-0.2, 0) is 14.8 Å². The highest BCUT2D eigenvalue weighted by atomic mass is 79.9. The van der Waals surface area contributed by atoms with Gasteiger partial charge in [0.2, 0.25) is 15.9 Å². The van der Waals surface area contributed by atoms with E-state index < -0.39 is 15.9 Å². The van der Waals surface area contributed by atoms with E-state index >= 15 is 0 Å². The van der Waals surface area contributed by atoms with Gasteiger partial charge in [-0.25, -0.2) is 8.42 Å². The Morgan fingerprint density at radius 1 is 1.22 bits per heavy atom. The molecule has 0 fully saturated rings. The van der Waals surface area contributed by atoms with Gasteiger partial charge in [0.05, 0.1) is 13.7 Å². The molecule has 27 heavy (non-hydrogen) atoms. The van der Waals surface area contributed by atoms with E-state index in [1.165, 1.54) is 14.2 Å². The molecule has 0 radical (unpaired) electrons. The number of rotatable bonds is 7. The maximum absolute atomic E-state index is 13.0. The topological polar surface area (TPSA) is 75.7 Å². The number of halogens is 1. The number of anilines is 1. The van der Waals surface area contributed by atoms with Crippen molar-refractivity contribution in [2.45, 2.75) is 24.7 Å². The molecule has 0 heterocycles. The summed E-state index contributed by atoms with van der Waals surface area (Å²) in [6, 6.07) is 12.2. The molecule has 1 amide bonds. The molecule has 2 rings (SSSR count). The van der Waals surface area contributed by atoms with Crippen molar-refractivity contribution < 1.29 is 17.9 Å². The van der Waals surface area contributed by atoms with E-state index in [1.54, 1.807) is 30.3 Å². The molecule has 0 spiro atoms. The fourth-order valence-corrected chi connectivity index (χ4v) is 4.19. The lowest BCUT2D eigenvalue weighted by Crippen LogP contribution is -2.35. The van der Waals surface area contributed by atoms with Crippen LogP contribution in [0.2, 0.25) is 0 Å². The number of benzene rings is 2. The Morgan fingerprint density at radius 2 is 1.93 bits per heavy atom. The van der Waals surface area contributed by atoms with Crippen LogP contribution in [0.3, 0.4) is 0 Å². The van der Waals surface area contributed by atoms with Gasteiger partial charge >= 0.3 is 0 Å². The summed E-state index contributed by atoms with van der Waals surface area (Å²) in [5.41, 5.74) is 1.46. The van der Waals surface area contributed by atoms with Crippen LogP contribution in [0.15, 0.2) is 51.8 Å². The lowest BCUT2D eigenvalue weighted by atomic mass is 10.0. The van der Waals surface area contributed by atoms with E-state index in [4.69, 9.17) is 4.74 Å². The van der Waals surface area contributed by atoms with Crippen molar-refractivity contribution in [1.82, 2.24) is 4.31 Å². The molecule has 1 N–H and O–H groups in total. The second-order valence-electron chi connectivity index (χ2n) is 6.38. The van der Waals surface area contributed by atoms with Crippen LogP contribution < -0.4 is 10.1 Å². The van der Waals surface area contributed by atoms with Crippen LogP contribution >= 0.6 is 15.9 Å². The van der Waals surface area contributed by atoms with Crippen molar-refractivity contribution in [3.05, 3.63) is 52.5 Å². The van der Waals surface area contributed by atoms with Gasteiger partial charge in [0, 0.05) is 17.2 Å². The first-order chi connectivity index (χ1) is 12.6. The van der Waals surface area contributed by atoms with Crippen LogP contribution in [0.25, 0.3) is 0 Å². The molecule has 0 unspecified atom stereocenters. The molecule has 0 bridgehead atoms. The van der Waals surface area contributed by atoms with Gasteiger partial charge in [-0.05, 0) is 41.8 Å². The Bertz CT molecular complexity index is 929. The molecule has 0 aliphatic heterocycles. The third kappa shape index (κ3) is 5.31. The zero-order valence-electron chi connectivity index (χ0n) is 15.7. The summed E-state index contributed by atoms with van der Waals surface area (Å²) >= 11 is 3.33. The highest BCUT2D eigenvalue weighted by molar-refractivity contribution is 9.10. The van der Waals surface area contributed by atoms with Crippen molar-refractivity contribution in [1.29, 1.82) is 0 Å². The van der Waals surface area contributed by atoms with Gasteiger partial charge < -0.3 is 10.1 Å². The van der Waals surface area contributed by atoms with Crippen molar-refractivity contribution in [3.63, 3.8) is 0 Å². The Hall–Kier alpha value is -1.90. The second kappa shape index (κ2) is 8.86. The number of sulfonamides is 1. The zero-order chi connectivity index (χ0) is 20.2. The van der Waals surface area contributed by atoms with Gasteiger partial charge in [-0.1, -0.05) is 41.9 Å². The monoisotopic (exact) mass is 454 g/mol. The van der Waals surface area contributed by atoms with E-state index in [1.807, 2.05) is 26.0 Å². The molecule has 8 heteroatoms. The lowest BCUT2D eigenvalue weighted by molar-refractivity contribution is -0.116. The molecule has 146 valence electrons. The number of hydrogen-bond acceptors (Lipinski definition) is 4. The number of methoxy groups -OCH3 is 1. The minimum absolute atomic E-state index is 0.0500. The number of likely N-dealkylation sites (N-methyl/N-ethyl adjacent to an activating group) is 1. The van der Waals surface area contributed by atoms with Crippen molar-refractivity contribution >= 4 is 37.5 Å². The number of carbonyl (C=O) groups excluding carboxylic acids is 1. The number of nitrogens with one attached hydrogen (secondary N) is 1. The summed E-state index contributed by atoms with van der Waals surface area (Å²) in [4.78, 5) is 12.3. The molecule has 0 aromatic heterocycles. The number of nitrogens with zero attached hydrogens (tertiary/aromatic N) is 1. The Balaban J connectivity index is 2.23. The fraction of sp³-hybridized carbons (Fsp3) is 0.316. The summed E-state index contributed by atoms with van der Waals surface area (Å²) in [6.45, 7) is 3.64. The molecule has 0 aliphatic carbocycles. The standard InChI is InChI=1S/C19H23BrN2O4S/c1-13(2)14-8-9-17(26-4)18(10-14)27(24,25)22(3)12-19(23)21-16-7-5-6-15(20)11-16/h5-11,13H,12H2,1-4H3,(H,21,23). The largest absolute Gasteiger partial charge is 0.495 e. The SMILES string of the molecule is COc1ccc(C(C)C)cc1S(=O)(=O)N(C)CC(=O)Nc1cccc(Br)c1. The van der Waals surface area contributed by atoms with Crippen LogP contribution in [0.4, 0.5) is 5.69 Å². The number of ether oxygens (including phenoxy) is 1. The predicted molar refractivity (Wildman–Crippen MR) is 110 cm³/mol. The molecule has 0 saturated carbocycles. The summed E-state index contributed by atoms with van der Waals surface area (Å²) in [5, 5.41) is 2.69. The lowest BCUT2D eigenvalue weighted by Gasteiger charge is -2.20. The fourth-order valence-electron chi connectivity index (χ4n) is 2.48. The molecular formula is C19H23BrN2O4S. The molecule has 6 nitrogen and oxygen atoms in total. The van der Waals surface area contributed by atoms with Crippen LogP contribution in [-0.4, -0.2) is 39.3 Å². The number of carbonyl (C=O) groups is 1. The van der Waals surface area contributed by atoms with Crippen molar-refractivity contribution in [2.75, 3.05) is 26.0 Å². The quantitative estimate of drug-likeness (QED) is 0.689. The van der Waals surface area contributed by atoms with Crippen LogP contribution in [0.5, 0.6) is 5.75 Å². The molecule has 2 aromatic carbocycles. The molecule has 0 atom stereocenters. The van der Waals surface area contributed by atoms with Gasteiger partial charge in [-0.2, -0.15) is 4.31 Å². The highest BCUT2D eigenvalue weighted by Gasteiger charge is 2.27. The van der Waals surface area contributed by atoms with Gasteiger partial charge in [-0.3, -0.25) is 4.79 Å². The predicted octanol–water partition coefficient (Wildman–Crippen LogP) is 3.84. The summed E-state index contributed by atoms with van der Waals surface area (Å²) in [7, 11) is -1.10. The first-order valence-corrected chi connectivity index (χ1v) is 10.6. The second-order valence-corrected chi connectivity index (χ2v) is 9.31.